The van der Waals surface area contributed by atoms with E-state index in [1.54, 1.807) is 6.20 Å². The predicted molar refractivity (Wildman–Crippen MR) is 57.4 cm³/mol. The monoisotopic (exact) mass is 212 g/mol. The van der Waals surface area contributed by atoms with Gasteiger partial charge in [-0.05, 0) is 12.2 Å². The van der Waals surface area contributed by atoms with E-state index in [1.807, 2.05) is 12.2 Å². The van der Waals surface area contributed by atoms with Gasteiger partial charge in [0.15, 0.2) is 5.69 Å². The average molecular weight is 212 g/mol. The molecule has 4 nitrogen and oxygen atoms in total. The standard InChI is InChI=1S/C9H12N2O2S/c1-13-9(12)8-7(6-10-11-8)4-2-3-5-14/h2,4,6,14H,3,5H2,1H3,(H,10,11). The molecule has 0 bridgehead atoms. The number of hydrogen-bond donors (Lipinski definition) is 2. The molecule has 0 amide bonds. The van der Waals surface area contributed by atoms with Crippen LogP contribution in [0.5, 0.6) is 0 Å². The first-order valence-electron chi connectivity index (χ1n) is 4.18. The van der Waals surface area contributed by atoms with E-state index < -0.39 is 5.97 Å². The summed E-state index contributed by atoms with van der Waals surface area (Å²) < 4.78 is 4.58. The van der Waals surface area contributed by atoms with E-state index in [2.05, 4.69) is 27.6 Å². The number of nitrogens with one attached hydrogen (secondary N) is 1. The summed E-state index contributed by atoms with van der Waals surface area (Å²) in [5.74, 6) is 0.370. The molecule has 14 heavy (non-hydrogen) atoms. The number of hydrogen-bond acceptors (Lipinski definition) is 4. The number of aromatic amines is 1. The van der Waals surface area contributed by atoms with Crippen LogP contribution in [0.15, 0.2) is 12.3 Å². The summed E-state index contributed by atoms with van der Waals surface area (Å²) in [4.78, 5) is 11.2. The van der Waals surface area contributed by atoms with Crippen LogP contribution in [0.1, 0.15) is 22.5 Å². The second kappa shape index (κ2) is 5.49. The highest BCUT2D eigenvalue weighted by molar-refractivity contribution is 7.80. The Morgan fingerprint density at radius 2 is 2.57 bits per heavy atom. The van der Waals surface area contributed by atoms with E-state index in [0.29, 0.717) is 5.69 Å². The van der Waals surface area contributed by atoms with E-state index >= 15 is 0 Å². The Bertz CT molecular complexity index is 333. The van der Waals surface area contributed by atoms with E-state index in [4.69, 9.17) is 0 Å². The van der Waals surface area contributed by atoms with Gasteiger partial charge in [0.1, 0.15) is 0 Å². The first-order valence-corrected chi connectivity index (χ1v) is 4.82. The molecule has 5 heteroatoms. The number of allylic oxidation sites excluding steroid dienone is 1. The molecule has 1 aromatic heterocycles. The van der Waals surface area contributed by atoms with Crippen molar-refractivity contribution in [1.29, 1.82) is 0 Å². The lowest BCUT2D eigenvalue weighted by atomic mass is 10.2. The second-order valence-electron chi connectivity index (χ2n) is 2.61. The maximum atomic E-state index is 11.2. The molecule has 1 heterocycles. The Morgan fingerprint density at radius 1 is 1.79 bits per heavy atom. The Hall–Kier alpha value is -1.23. The summed E-state index contributed by atoms with van der Waals surface area (Å²) in [6.07, 6.45) is 6.20. The number of carbonyl (C=O) groups excluding carboxylic acids is 1. The van der Waals surface area contributed by atoms with Crippen molar-refractivity contribution in [3.63, 3.8) is 0 Å². The number of nitrogens with zero attached hydrogens (tertiary/aromatic N) is 1. The van der Waals surface area contributed by atoms with Gasteiger partial charge in [-0.3, -0.25) is 5.10 Å². The highest BCUT2D eigenvalue weighted by Crippen LogP contribution is 2.08. The summed E-state index contributed by atoms with van der Waals surface area (Å²) in [5.41, 5.74) is 1.11. The van der Waals surface area contributed by atoms with Gasteiger partial charge in [-0.25, -0.2) is 4.79 Å². The number of thiol groups is 1. The zero-order valence-electron chi connectivity index (χ0n) is 7.86. The Labute approximate surface area is 87.8 Å². The van der Waals surface area contributed by atoms with E-state index in [-0.39, 0.29) is 0 Å². The molecule has 0 aromatic carbocycles. The van der Waals surface area contributed by atoms with E-state index in [1.165, 1.54) is 7.11 Å². The van der Waals surface area contributed by atoms with Gasteiger partial charge in [-0.2, -0.15) is 17.7 Å². The number of methoxy groups -OCH3 is 1. The number of esters is 1. The normalized spacial score (nSPS) is 10.7. The van der Waals surface area contributed by atoms with Crippen molar-refractivity contribution in [1.82, 2.24) is 10.2 Å². The molecular formula is C9H12N2O2S. The number of H-pyrrole nitrogens is 1. The number of ether oxygens (including phenoxy) is 1. The van der Waals surface area contributed by atoms with Crippen LogP contribution >= 0.6 is 12.6 Å². The summed E-state index contributed by atoms with van der Waals surface area (Å²) in [5, 5.41) is 6.36. The molecule has 0 spiro atoms. The third kappa shape index (κ3) is 2.63. The van der Waals surface area contributed by atoms with Crippen LogP contribution in [0.25, 0.3) is 6.08 Å². The molecule has 1 rings (SSSR count). The minimum absolute atomic E-state index is 0.378. The van der Waals surface area contributed by atoms with Gasteiger partial charge in [0.25, 0.3) is 0 Å². The fourth-order valence-corrected chi connectivity index (χ4v) is 1.12. The lowest BCUT2D eigenvalue weighted by Crippen LogP contribution is -2.03. The Morgan fingerprint density at radius 3 is 3.21 bits per heavy atom. The van der Waals surface area contributed by atoms with Crippen LogP contribution in [0.3, 0.4) is 0 Å². The predicted octanol–water partition coefficient (Wildman–Crippen LogP) is 1.53. The molecule has 0 unspecified atom stereocenters. The van der Waals surface area contributed by atoms with Gasteiger partial charge in [-0.15, -0.1) is 0 Å². The summed E-state index contributed by atoms with van der Waals surface area (Å²) in [6, 6.07) is 0. The van der Waals surface area contributed by atoms with Gasteiger partial charge < -0.3 is 4.74 Å². The molecule has 1 aromatic rings. The largest absolute Gasteiger partial charge is 0.464 e. The smallest absolute Gasteiger partial charge is 0.356 e. The van der Waals surface area contributed by atoms with Crippen LogP contribution in [0, 0.1) is 0 Å². The molecule has 0 aliphatic heterocycles. The second-order valence-corrected chi connectivity index (χ2v) is 3.05. The third-order valence-electron chi connectivity index (χ3n) is 1.65. The minimum Gasteiger partial charge on any atom is -0.464 e. The summed E-state index contributed by atoms with van der Waals surface area (Å²) >= 11 is 4.07. The van der Waals surface area contributed by atoms with Gasteiger partial charge in [0.2, 0.25) is 0 Å². The number of aromatic nitrogens is 2. The highest BCUT2D eigenvalue weighted by atomic mass is 32.1. The van der Waals surface area contributed by atoms with Crippen molar-refractivity contribution < 1.29 is 9.53 Å². The van der Waals surface area contributed by atoms with Gasteiger partial charge in [-0.1, -0.05) is 12.2 Å². The summed E-state index contributed by atoms with van der Waals surface area (Å²) in [7, 11) is 1.34. The molecule has 0 aliphatic rings. The van der Waals surface area contributed by atoms with Crippen LogP contribution < -0.4 is 0 Å². The first-order chi connectivity index (χ1) is 6.79. The molecular weight excluding hydrogens is 200 g/mol. The van der Waals surface area contributed by atoms with Crippen molar-refractivity contribution in [3.05, 3.63) is 23.5 Å². The van der Waals surface area contributed by atoms with Crippen LogP contribution in [0.4, 0.5) is 0 Å². The van der Waals surface area contributed by atoms with Crippen molar-refractivity contribution in [2.45, 2.75) is 6.42 Å². The lowest BCUT2D eigenvalue weighted by molar-refractivity contribution is 0.0594. The molecule has 76 valence electrons. The Balaban J connectivity index is 2.77. The molecule has 0 aliphatic carbocycles. The van der Waals surface area contributed by atoms with Crippen LogP contribution in [-0.2, 0) is 4.74 Å². The molecule has 0 atom stereocenters. The molecule has 1 N–H and O–H groups in total. The summed E-state index contributed by atoms with van der Waals surface area (Å²) in [6.45, 7) is 0. The minimum atomic E-state index is -0.409. The first kappa shape index (κ1) is 10.8. The molecule has 0 saturated heterocycles. The van der Waals surface area contributed by atoms with E-state index in [9.17, 15) is 4.79 Å². The maximum absolute atomic E-state index is 11.2. The number of rotatable bonds is 4. The topological polar surface area (TPSA) is 55.0 Å². The fourth-order valence-electron chi connectivity index (χ4n) is 0.972. The SMILES string of the molecule is COC(=O)c1[nH]ncc1C=CCCS. The zero-order valence-corrected chi connectivity index (χ0v) is 8.75. The maximum Gasteiger partial charge on any atom is 0.356 e. The van der Waals surface area contributed by atoms with Crippen molar-refractivity contribution in [2.75, 3.05) is 12.9 Å². The lowest BCUT2D eigenvalue weighted by Gasteiger charge is -1.95. The highest BCUT2D eigenvalue weighted by Gasteiger charge is 2.11. The Kier molecular flexibility index (Phi) is 4.25. The zero-order chi connectivity index (χ0) is 10.4. The van der Waals surface area contributed by atoms with Gasteiger partial charge in [0, 0.05) is 5.56 Å². The van der Waals surface area contributed by atoms with E-state index in [0.717, 1.165) is 17.7 Å². The van der Waals surface area contributed by atoms with Crippen molar-refractivity contribution >= 4 is 24.7 Å². The fraction of sp³-hybridized carbons (Fsp3) is 0.333. The third-order valence-corrected chi connectivity index (χ3v) is 1.91. The molecule has 0 radical (unpaired) electrons. The molecule has 0 fully saturated rings. The van der Waals surface area contributed by atoms with Gasteiger partial charge >= 0.3 is 5.97 Å². The average Bonchev–Trinajstić information content (AvgIpc) is 2.65. The van der Waals surface area contributed by atoms with Crippen molar-refractivity contribution in [2.24, 2.45) is 0 Å². The quantitative estimate of drug-likeness (QED) is 0.588. The molecule has 0 saturated carbocycles. The van der Waals surface area contributed by atoms with Crippen LogP contribution in [0.2, 0.25) is 0 Å². The van der Waals surface area contributed by atoms with Gasteiger partial charge in [0.05, 0.1) is 13.3 Å². The van der Waals surface area contributed by atoms with Crippen molar-refractivity contribution in [3.8, 4) is 0 Å². The number of carbonyl (C=O) groups is 1. The van der Waals surface area contributed by atoms with Crippen LogP contribution in [-0.4, -0.2) is 29.0 Å².